The normalized spacial score (nSPS) is 8.86. The van der Waals surface area contributed by atoms with E-state index >= 15 is 0 Å². The molecule has 0 radical (unpaired) electrons. The second-order valence-corrected chi connectivity index (χ2v) is 1.65. The Bertz CT molecular complexity index is 142. The summed E-state index contributed by atoms with van der Waals surface area (Å²) in [7, 11) is 1.81. The van der Waals surface area contributed by atoms with Crippen LogP contribution >= 0.6 is 0 Å². The van der Waals surface area contributed by atoms with Crippen LogP contribution in [-0.4, -0.2) is 16.9 Å². The fraction of sp³-hybridized carbons (Fsp3) is 0.500. The molecule has 2 nitrogen and oxygen atoms in total. The molecule has 0 amide bonds. The van der Waals surface area contributed by atoms with Gasteiger partial charge < -0.3 is 0 Å². The average Bonchev–Trinajstić information content (AvgIpc) is 1.87. The van der Waals surface area contributed by atoms with Crippen molar-refractivity contribution in [3.63, 3.8) is 0 Å². The van der Waals surface area contributed by atoms with Crippen LogP contribution in [-0.2, 0) is 0 Å². The molecule has 1 heterocycles. The molecule has 0 unspecified atom stereocenters. The fourth-order valence-electron chi connectivity index (χ4n) is 0.544. The van der Waals surface area contributed by atoms with Crippen LogP contribution in [0.25, 0.3) is 0 Å². The van der Waals surface area contributed by atoms with E-state index in [0.717, 1.165) is 11.4 Å². The van der Waals surface area contributed by atoms with Crippen LogP contribution < -0.4 is 0 Å². The predicted molar refractivity (Wildman–Crippen MR) is 29.4 cm³/mol. The van der Waals surface area contributed by atoms with E-state index in [0.29, 0.717) is 0 Å². The summed E-state index contributed by atoms with van der Waals surface area (Å²) in [5, 5.41) is 0. The van der Waals surface area contributed by atoms with E-state index in [2.05, 4.69) is 9.88 Å². The first-order valence-corrected chi connectivity index (χ1v) is 2.27. The summed E-state index contributed by atoms with van der Waals surface area (Å²) in [6, 6.07) is 0. The average molecular weight is 93.9 g/mol. The topological polar surface area (TPSA) is 28.7 Å². The summed E-state index contributed by atoms with van der Waals surface area (Å²) in [5.41, 5.74) is 1.12. The van der Waals surface area contributed by atoms with Gasteiger partial charge in [0.1, 0.15) is 0 Å². The molecule has 0 fully saturated rings. The molecule has 0 aromatic carbocycles. The van der Waals surface area contributed by atoms with Gasteiger partial charge in [-0.1, -0.05) is 0 Å². The van der Waals surface area contributed by atoms with Gasteiger partial charge in [-0.2, -0.15) is 0 Å². The van der Waals surface area contributed by atoms with Crippen molar-refractivity contribution in [2.75, 3.05) is 0 Å². The zero-order chi connectivity index (χ0) is 5.28. The molecule has 0 aliphatic heterocycles. The molecule has 7 heavy (non-hydrogen) atoms. The Morgan fingerprint density at radius 1 is 1.57 bits per heavy atom. The molecule has 36 valence electrons. The standard InChI is InChI=1S/C4H7BN2/c1-3-5-7-4(2)6-3/h1-2H3,(H,6,7). The molecule has 1 aromatic rings. The molecular formula is C4H7BN2. The van der Waals surface area contributed by atoms with Crippen LogP contribution in [0, 0.1) is 13.8 Å². The minimum absolute atomic E-state index is 0.984. The SMILES string of the molecule is Cc1bnc(C)[nH]1. The Labute approximate surface area is 43.2 Å². The molecule has 3 heteroatoms. The zero-order valence-corrected chi connectivity index (χ0v) is 4.52. The van der Waals surface area contributed by atoms with Gasteiger partial charge in [0.15, 0.2) is 0 Å². The van der Waals surface area contributed by atoms with Gasteiger partial charge >= 0.3 is 42.2 Å². The van der Waals surface area contributed by atoms with E-state index in [1.807, 2.05) is 20.9 Å². The van der Waals surface area contributed by atoms with E-state index in [4.69, 9.17) is 0 Å². The summed E-state index contributed by atoms with van der Waals surface area (Å²) in [4.78, 5) is 6.99. The van der Waals surface area contributed by atoms with Gasteiger partial charge in [0, 0.05) is 0 Å². The second-order valence-electron chi connectivity index (χ2n) is 1.65. The molecule has 0 aliphatic carbocycles. The van der Waals surface area contributed by atoms with Gasteiger partial charge in [0.05, 0.1) is 0 Å². The van der Waals surface area contributed by atoms with E-state index < -0.39 is 0 Å². The number of nitrogens with zero attached hydrogens (tertiary/aromatic N) is 1. The number of H-pyrrole nitrogens is 1. The minimum atomic E-state index is 0.984. The summed E-state index contributed by atoms with van der Waals surface area (Å²) in [6.45, 7) is 3.92. The number of rotatable bonds is 0. The van der Waals surface area contributed by atoms with Crippen molar-refractivity contribution in [3.05, 3.63) is 11.4 Å². The van der Waals surface area contributed by atoms with Crippen LogP contribution in [0.2, 0.25) is 0 Å². The van der Waals surface area contributed by atoms with Crippen molar-refractivity contribution in [1.29, 1.82) is 0 Å². The molecule has 1 aromatic heterocycles. The number of aromatic amines is 1. The molecule has 1 rings (SSSR count). The van der Waals surface area contributed by atoms with Gasteiger partial charge in [-0.05, 0) is 0 Å². The number of aromatic nitrogens is 2. The molecule has 1 N–H and O–H groups in total. The zero-order valence-electron chi connectivity index (χ0n) is 4.52. The van der Waals surface area contributed by atoms with E-state index in [9.17, 15) is 0 Å². The van der Waals surface area contributed by atoms with Crippen molar-refractivity contribution >= 4 is 7.05 Å². The predicted octanol–water partition coefficient (Wildman–Crippen LogP) is 0.365. The van der Waals surface area contributed by atoms with Gasteiger partial charge in [-0.15, -0.1) is 0 Å². The van der Waals surface area contributed by atoms with Gasteiger partial charge in [0.2, 0.25) is 0 Å². The maximum absolute atomic E-state index is 3.96. The van der Waals surface area contributed by atoms with E-state index in [1.54, 1.807) is 0 Å². The second kappa shape index (κ2) is 1.48. The first kappa shape index (κ1) is 4.56. The van der Waals surface area contributed by atoms with Crippen molar-refractivity contribution in [3.8, 4) is 0 Å². The summed E-state index contributed by atoms with van der Waals surface area (Å²) < 4.78 is 0. The summed E-state index contributed by atoms with van der Waals surface area (Å²) in [6.07, 6.45) is 0. The van der Waals surface area contributed by atoms with Crippen LogP contribution in [0.5, 0.6) is 0 Å². The Morgan fingerprint density at radius 2 is 2.29 bits per heavy atom. The third-order valence-electron chi connectivity index (χ3n) is 0.830. The van der Waals surface area contributed by atoms with Crippen LogP contribution in [0.4, 0.5) is 0 Å². The number of aryl methyl sites for hydroxylation is 2. The van der Waals surface area contributed by atoms with E-state index in [1.165, 1.54) is 0 Å². The van der Waals surface area contributed by atoms with Crippen molar-refractivity contribution in [1.82, 2.24) is 9.88 Å². The Hall–Kier alpha value is -0.595. The molecule has 0 spiro atoms. The van der Waals surface area contributed by atoms with E-state index in [-0.39, 0.29) is 0 Å². The molecule has 0 saturated heterocycles. The molecule has 0 bridgehead atoms. The number of hydrogen-bond donors (Lipinski definition) is 1. The van der Waals surface area contributed by atoms with Gasteiger partial charge in [-0.25, -0.2) is 0 Å². The monoisotopic (exact) mass is 94.1 g/mol. The van der Waals surface area contributed by atoms with Crippen LogP contribution in [0.15, 0.2) is 0 Å². The quantitative estimate of drug-likeness (QED) is 0.494. The van der Waals surface area contributed by atoms with Crippen LogP contribution in [0.3, 0.4) is 0 Å². The van der Waals surface area contributed by atoms with Gasteiger partial charge in [-0.3, -0.25) is 0 Å². The Balaban J connectivity index is 3.04. The van der Waals surface area contributed by atoms with Crippen molar-refractivity contribution < 1.29 is 0 Å². The number of hydrogen-bond acceptors (Lipinski definition) is 1. The maximum atomic E-state index is 3.96. The molecule has 0 aliphatic rings. The van der Waals surface area contributed by atoms with Crippen molar-refractivity contribution in [2.45, 2.75) is 13.8 Å². The summed E-state index contributed by atoms with van der Waals surface area (Å²) >= 11 is 0. The first-order valence-electron chi connectivity index (χ1n) is 2.27. The summed E-state index contributed by atoms with van der Waals surface area (Å²) in [5.74, 6) is 0.984. The first-order chi connectivity index (χ1) is 3.29. The molecule has 0 saturated carbocycles. The molecule has 0 atom stereocenters. The Morgan fingerprint density at radius 3 is 2.43 bits per heavy atom. The molecular weight excluding hydrogens is 86.9 g/mol. The van der Waals surface area contributed by atoms with Gasteiger partial charge in [0.25, 0.3) is 0 Å². The van der Waals surface area contributed by atoms with Crippen molar-refractivity contribution in [2.24, 2.45) is 0 Å². The van der Waals surface area contributed by atoms with Crippen LogP contribution in [0.1, 0.15) is 11.4 Å². The fourth-order valence-corrected chi connectivity index (χ4v) is 0.544. The Kier molecular flexibility index (Phi) is 0.967. The third-order valence-corrected chi connectivity index (χ3v) is 0.830. The third kappa shape index (κ3) is 0.887. The number of nitrogens with one attached hydrogen (secondary N) is 1.